The van der Waals surface area contributed by atoms with Crippen LogP contribution in [0.2, 0.25) is 0 Å². The summed E-state index contributed by atoms with van der Waals surface area (Å²) < 4.78 is 14.5. The van der Waals surface area contributed by atoms with Gasteiger partial charge in [0.1, 0.15) is 11.4 Å². The molecule has 4 amide bonds. The first-order valence-corrected chi connectivity index (χ1v) is 13.9. The van der Waals surface area contributed by atoms with Crippen molar-refractivity contribution in [3.8, 4) is 0 Å². The Morgan fingerprint density at radius 2 is 1.89 bits per heavy atom. The number of nitrogens with zero attached hydrogens (tertiary/aromatic N) is 2. The van der Waals surface area contributed by atoms with Crippen molar-refractivity contribution in [1.29, 1.82) is 0 Å². The number of rotatable bonds is 8. The number of carbonyl (C=O) groups excluding carboxylic acids is 3. The first-order valence-electron chi connectivity index (χ1n) is 13.0. The molecule has 1 atom stereocenters. The monoisotopic (exact) mass is 537 g/mol. The molecule has 1 aromatic heterocycles. The van der Waals surface area contributed by atoms with Crippen LogP contribution < -0.4 is 20.9 Å². The van der Waals surface area contributed by atoms with E-state index in [1.165, 1.54) is 11.8 Å². The molecule has 2 saturated heterocycles. The first kappa shape index (κ1) is 26.1. The minimum atomic E-state index is -1.13. The van der Waals surface area contributed by atoms with E-state index in [-0.39, 0.29) is 11.7 Å². The third-order valence-corrected chi connectivity index (χ3v) is 8.33. The average molecular weight is 538 g/mol. The smallest absolute Gasteiger partial charge is 0.322 e. The van der Waals surface area contributed by atoms with Crippen LogP contribution in [0.25, 0.3) is 10.1 Å². The average Bonchev–Trinajstić information content (AvgIpc) is 3.33. The lowest BCUT2D eigenvalue weighted by molar-refractivity contribution is -0.123. The topological polar surface area (TPSA) is 93.8 Å². The second-order valence-corrected chi connectivity index (χ2v) is 10.9. The third kappa shape index (κ3) is 5.51. The van der Waals surface area contributed by atoms with Crippen LogP contribution in [0, 0.1) is 5.82 Å². The van der Waals surface area contributed by atoms with E-state index in [1.807, 2.05) is 6.07 Å². The molecule has 5 rings (SSSR count). The van der Waals surface area contributed by atoms with Crippen molar-refractivity contribution in [2.75, 3.05) is 44.2 Å². The maximum Gasteiger partial charge on any atom is 0.322 e. The predicted molar refractivity (Wildman–Crippen MR) is 147 cm³/mol. The van der Waals surface area contributed by atoms with E-state index < -0.39 is 17.5 Å². The van der Waals surface area contributed by atoms with Crippen molar-refractivity contribution >= 4 is 45.0 Å². The molecule has 2 fully saturated rings. The van der Waals surface area contributed by atoms with Gasteiger partial charge in [0, 0.05) is 47.2 Å². The summed E-state index contributed by atoms with van der Waals surface area (Å²) in [6, 6.07) is 11.2. The second kappa shape index (κ2) is 11.1. The standard InChI is InChI=1S/C28H32FN5O3S/c1-28(26(36)31-27(37)32-28)20-7-5-19(6-8-20)25(35)30-11-2-3-12-33-13-4-14-34(16-15-33)23-18-38-24-17-21(29)9-10-22(23)24/h5-10,17-18H,2-4,11-16H2,1H3,(H,30,35)(H2,31,32,36,37). The fourth-order valence-electron chi connectivity index (χ4n) is 5.13. The van der Waals surface area contributed by atoms with Crippen LogP contribution >= 0.6 is 11.3 Å². The number of amides is 4. The summed E-state index contributed by atoms with van der Waals surface area (Å²) in [6.45, 7) is 7.17. The number of benzene rings is 2. The molecule has 2 aromatic carbocycles. The Labute approximate surface area is 225 Å². The Balaban J connectivity index is 1.04. The third-order valence-electron chi connectivity index (χ3n) is 7.40. The number of urea groups is 1. The minimum absolute atomic E-state index is 0.158. The van der Waals surface area contributed by atoms with Crippen molar-refractivity contribution in [2.45, 2.75) is 31.7 Å². The zero-order valence-electron chi connectivity index (χ0n) is 21.4. The summed E-state index contributed by atoms with van der Waals surface area (Å²) in [5.74, 6) is -0.758. The fourth-order valence-corrected chi connectivity index (χ4v) is 6.13. The van der Waals surface area contributed by atoms with Gasteiger partial charge in [-0.1, -0.05) is 12.1 Å². The molecule has 38 heavy (non-hydrogen) atoms. The minimum Gasteiger partial charge on any atom is -0.369 e. The van der Waals surface area contributed by atoms with Gasteiger partial charge in [0.25, 0.3) is 11.8 Å². The summed E-state index contributed by atoms with van der Waals surface area (Å²) in [4.78, 5) is 41.0. The number of unbranched alkanes of at least 4 members (excludes halogenated alkanes) is 1. The van der Waals surface area contributed by atoms with E-state index in [1.54, 1.807) is 48.6 Å². The number of carbonyl (C=O) groups is 3. The van der Waals surface area contributed by atoms with Gasteiger partial charge in [-0.25, -0.2) is 9.18 Å². The molecule has 200 valence electrons. The summed E-state index contributed by atoms with van der Waals surface area (Å²) in [5, 5.41) is 11.1. The summed E-state index contributed by atoms with van der Waals surface area (Å²) in [7, 11) is 0. The highest BCUT2D eigenvalue weighted by Crippen LogP contribution is 2.34. The van der Waals surface area contributed by atoms with Crippen molar-refractivity contribution < 1.29 is 18.8 Å². The molecule has 8 nitrogen and oxygen atoms in total. The Bertz CT molecular complexity index is 1340. The molecule has 0 bridgehead atoms. The highest BCUT2D eigenvalue weighted by molar-refractivity contribution is 7.17. The van der Waals surface area contributed by atoms with Crippen molar-refractivity contribution in [1.82, 2.24) is 20.9 Å². The van der Waals surface area contributed by atoms with Crippen molar-refractivity contribution in [2.24, 2.45) is 0 Å². The predicted octanol–water partition coefficient (Wildman–Crippen LogP) is 3.82. The van der Waals surface area contributed by atoms with Gasteiger partial charge in [0.2, 0.25) is 0 Å². The molecule has 0 radical (unpaired) electrons. The Morgan fingerprint density at radius 3 is 2.66 bits per heavy atom. The quantitative estimate of drug-likeness (QED) is 0.300. The largest absolute Gasteiger partial charge is 0.369 e. The van der Waals surface area contributed by atoms with Gasteiger partial charge in [-0.3, -0.25) is 14.9 Å². The van der Waals surface area contributed by atoms with E-state index in [4.69, 9.17) is 0 Å². The number of anilines is 1. The molecule has 3 heterocycles. The Morgan fingerprint density at radius 1 is 1.08 bits per heavy atom. The molecule has 0 aliphatic carbocycles. The lowest BCUT2D eigenvalue weighted by Crippen LogP contribution is -2.40. The highest BCUT2D eigenvalue weighted by atomic mass is 32.1. The van der Waals surface area contributed by atoms with Gasteiger partial charge in [-0.15, -0.1) is 11.3 Å². The van der Waals surface area contributed by atoms with Gasteiger partial charge in [-0.2, -0.15) is 0 Å². The van der Waals surface area contributed by atoms with Gasteiger partial charge < -0.3 is 20.4 Å². The van der Waals surface area contributed by atoms with E-state index in [0.717, 1.165) is 62.1 Å². The number of thiophene rings is 1. The molecule has 2 aliphatic heterocycles. The number of fused-ring (bicyclic) bond motifs is 1. The number of hydrogen-bond donors (Lipinski definition) is 3. The highest BCUT2D eigenvalue weighted by Gasteiger charge is 2.43. The van der Waals surface area contributed by atoms with Crippen LogP contribution in [0.15, 0.2) is 47.8 Å². The molecule has 3 aromatic rings. The van der Waals surface area contributed by atoms with E-state index in [2.05, 4.69) is 31.1 Å². The van der Waals surface area contributed by atoms with Crippen molar-refractivity contribution in [3.63, 3.8) is 0 Å². The summed E-state index contributed by atoms with van der Waals surface area (Å²) in [6.07, 6.45) is 2.96. The van der Waals surface area contributed by atoms with Crippen LogP contribution in [0.5, 0.6) is 0 Å². The zero-order valence-corrected chi connectivity index (χ0v) is 22.2. The molecule has 2 aliphatic rings. The van der Waals surface area contributed by atoms with Crippen LogP contribution in [-0.2, 0) is 10.3 Å². The number of imide groups is 1. The Kier molecular flexibility index (Phi) is 7.62. The van der Waals surface area contributed by atoms with Crippen LogP contribution in [0.1, 0.15) is 42.1 Å². The molecule has 1 unspecified atom stereocenters. The molecule has 0 spiro atoms. The molecular formula is C28H32FN5O3S. The molecule has 0 saturated carbocycles. The van der Waals surface area contributed by atoms with Crippen LogP contribution in [0.3, 0.4) is 0 Å². The SMILES string of the molecule is CC1(c2ccc(C(=O)NCCCCN3CCCN(c4csc5cc(F)ccc45)CC3)cc2)NC(=O)NC1=O. The first-order chi connectivity index (χ1) is 18.3. The number of hydrogen-bond acceptors (Lipinski definition) is 6. The van der Waals surface area contributed by atoms with Crippen LogP contribution in [0.4, 0.5) is 14.9 Å². The fraction of sp³-hybridized carbons (Fsp3) is 0.393. The Hall–Kier alpha value is -3.50. The van der Waals surface area contributed by atoms with Crippen molar-refractivity contribution in [3.05, 3.63) is 64.8 Å². The molecule has 3 N–H and O–H groups in total. The van der Waals surface area contributed by atoms with Gasteiger partial charge in [0.05, 0.1) is 5.69 Å². The normalized spacial score (nSPS) is 20.3. The molecule has 10 heteroatoms. The summed E-state index contributed by atoms with van der Waals surface area (Å²) >= 11 is 1.59. The lowest BCUT2D eigenvalue weighted by Gasteiger charge is -2.23. The van der Waals surface area contributed by atoms with E-state index >= 15 is 0 Å². The van der Waals surface area contributed by atoms with Crippen LogP contribution in [-0.4, -0.2) is 62.0 Å². The molecular weight excluding hydrogens is 505 g/mol. The van der Waals surface area contributed by atoms with Gasteiger partial charge in [-0.05, 0) is 75.2 Å². The maximum atomic E-state index is 13.6. The van der Waals surface area contributed by atoms with E-state index in [9.17, 15) is 18.8 Å². The van der Waals surface area contributed by atoms with Gasteiger partial charge in [0.15, 0.2) is 0 Å². The number of halogens is 1. The van der Waals surface area contributed by atoms with Gasteiger partial charge >= 0.3 is 6.03 Å². The summed E-state index contributed by atoms with van der Waals surface area (Å²) in [5.41, 5.74) is 1.20. The second-order valence-electron chi connectivity index (χ2n) is 10.0. The van der Waals surface area contributed by atoms with E-state index in [0.29, 0.717) is 17.7 Å². The number of nitrogens with one attached hydrogen (secondary N) is 3. The lowest BCUT2D eigenvalue weighted by atomic mass is 9.91. The maximum absolute atomic E-state index is 13.6. The zero-order chi connectivity index (χ0) is 26.7.